The minimum atomic E-state index is -4.61. The molecular weight excluding hydrogens is 238 g/mol. The zero-order valence-corrected chi connectivity index (χ0v) is 10.2. The van der Waals surface area contributed by atoms with E-state index < -0.39 is 9.05 Å². The van der Waals surface area contributed by atoms with Gasteiger partial charge >= 0.3 is 56.5 Å². The van der Waals surface area contributed by atoms with E-state index in [1.165, 1.54) is 0 Å². The fourth-order valence-corrected chi connectivity index (χ4v) is 0. The Morgan fingerprint density at radius 3 is 1.00 bits per heavy atom. The first-order chi connectivity index (χ1) is 2.00. The van der Waals surface area contributed by atoms with Crippen molar-refractivity contribution in [2.45, 2.75) is 0 Å². The minimum absolute atomic E-state index is 0. The van der Waals surface area contributed by atoms with E-state index in [4.69, 9.17) is 19.2 Å². The molecule has 0 spiro atoms. The molecule has 0 aliphatic rings. The van der Waals surface area contributed by atoms with Crippen molar-refractivity contribution in [3.63, 3.8) is 0 Å². The van der Waals surface area contributed by atoms with Crippen molar-refractivity contribution in [2.24, 2.45) is 0 Å². The second-order valence-corrected chi connectivity index (χ2v) is 1.80. The van der Waals surface area contributed by atoms with Crippen LogP contribution in [-0.4, -0.2) is 75.7 Å². The molecule has 0 aromatic carbocycles. The number of hydrogen-bond acceptors (Lipinski definition) is 4. The SMILES string of the molecule is O[Si](O)(O)O.[H-].[H-].[Mg+2].[SbH3]. The van der Waals surface area contributed by atoms with E-state index in [0.717, 1.165) is 0 Å². The van der Waals surface area contributed by atoms with Crippen LogP contribution >= 0.6 is 0 Å². The monoisotopic (exact) mass is 246 g/mol. The topological polar surface area (TPSA) is 80.9 Å². The van der Waals surface area contributed by atoms with E-state index in [0.29, 0.717) is 0 Å². The van der Waals surface area contributed by atoms with Gasteiger partial charge in [0.15, 0.2) is 0 Å². The standard InChI is InChI=1S/Mg.H4O4Si.Sb.5H/c;1-5(2,3)4;;;;;;/h;1-4H;;;;;;/q+2;;;;;;2*-1. The fourth-order valence-electron chi connectivity index (χ4n) is 0. The van der Waals surface area contributed by atoms with Crippen molar-refractivity contribution in [3.8, 4) is 0 Å². The first-order valence-electron chi connectivity index (χ1n) is 0.894. The van der Waals surface area contributed by atoms with Crippen molar-refractivity contribution in [2.75, 3.05) is 0 Å². The van der Waals surface area contributed by atoms with Gasteiger partial charge in [-0.25, -0.2) is 0 Å². The molecule has 7 heteroatoms. The van der Waals surface area contributed by atoms with Crippen LogP contribution < -0.4 is 0 Å². The third-order valence-corrected chi connectivity index (χ3v) is 0. The third kappa shape index (κ3) is 90.3. The molecule has 0 atom stereocenters. The molecule has 7 heavy (non-hydrogen) atoms. The summed E-state index contributed by atoms with van der Waals surface area (Å²) in [6.07, 6.45) is 0. The summed E-state index contributed by atoms with van der Waals surface area (Å²) in [5.74, 6) is 0. The molecule has 0 aromatic heterocycles. The Morgan fingerprint density at radius 1 is 1.00 bits per heavy atom. The quantitative estimate of drug-likeness (QED) is 0.329. The Morgan fingerprint density at radius 2 is 1.00 bits per heavy atom. The Balaban J connectivity index is -0.0000000133. The van der Waals surface area contributed by atoms with Gasteiger partial charge < -0.3 is 22.0 Å². The van der Waals surface area contributed by atoms with Crippen LogP contribution in [0.15, 0.2) is 0 Å². The molecule has 0 aliphatic heterocycles. The van der Waals surface area contributed by atoms with Crippen LogP contribution in [0.4, 0.5) is 0 Å². The van der Waals surface area contributed by atoms with Gasteiger partial charge in [-0.2, -0.15) is 0 Å². The van der Waals surface area contributed by atoms with Crippen LogP contribution in [0.25, 0.3) is 0 Å². The molecule has 4 nitrogen and oxygen atoms in total. The van der Waals surface area contributed by atoms with E-state index >= 15 is 0 Å². The van der Waals surface area contributed by atoms with Gasteiger partial charge in [-0.3, -0.25) is 0 Å². The molecule has 0 saturated carbocycles. The summed E-state index contributed by atoms with van der Waals surface area (Å²) >= 11 is 0. The molecule has 0 aliphatic carbocycles. The van der Waals surface area contributed by atoms with Gasteiger partial charge in [0.1, 0.15) is 0 Å². The average molecular weight is 247 g/mol. The zero-order chi connectivity index (χ0) is 4.50. The van der Waals surface area contributed by atoms with Crippen LogP contribution in [0.5, 0.6) is 0 Å². The second kappa shape index (κ2) is 5.77. The summed E-state index contributed by atoms with van der Waals surface area (Å²) < 4.78 is 0. The van der Waals surface area contributed by atoms with Crippen LogP contribution in [0, 0.1) is 0 Å². The molecule has 0 unspecified atom stereocenters. The first-order valence-corrected chi connectivity index (χ1v) is 2.68. The summed E-state index contributed by atoms with van der Waals surface area (Å²) in [6.45, 7) is 0. The van der Waals surface area contributed by atoms with Gasteiger partial charge in [0.05, 0.1) is 0 Å². The molecule has 0 bridgehead atoms. The van der Waals surface area contributed by atoms with Crippen LogP contribution in [-0.2, 0) is 0 Å². The Labute approximate surface area is 78.2 Å². The van der Waals surface area contributed by atoms with E-state index in [-0.39, 0.29) is 50.3 Å². The second-order valence-electron chi connectivity index (χ2n) is 0.600. The van der Waals surface area contributed by atoms with Gasteiger partial charge in [0.2, 0.25) is 0 Å². The number of hydrogen-bond donors (Lipinski definition) is 4. The Hall–Kier alpha value is 1.64. The van der Waals surface area contributed by atoms with E-state index in [1.54, 1.807) is 0 Å². The summed E-state index contributed by atoms with van der Waals surface area (Å²) in [5, 5.41) is 0. The van der Waals surface area contributed by atoms with Crippen LogP contribution in [0.1, 0.15) is 2.85 Å². The molecule has 4 N–H and O–H groups in total. The Bertz CT molecular complexity index is 34.0. The van der Waals surface area contributed by atoms with E-state index in [9.17, 15) is 0 Å². The average Bonchev–Trinajstić information content (AvgIpc) is 0.722. The van der Waals surface area contributed by atoms with E-state index in [2.05, 4.69) is 0 Å². The molecule has 0 fully saturated rings. The maximum absolute atomic E-state index is 7.33. The summed E-state index contributed by atoms with van der Waals surface area (Å²) in [7, 11) is -4.61. The van der Waals surface area contributed by atoms with Crippen molar-refractivity contribution >= 4 is 56.5 Å². The van der Waals surface area contributed by atoms with Gasteiger partial charge in [-0.15, -0.1) is 0 Å². The van der Waals surface area contributed by atoms with Gasteiger partial charge in [0.25, 0.3) is 0 Å². The molecule has 44 valence electrons. The molecule has 0 amide bonds. The Kier molecular flexibility index (Phi) is 13.1. The number of rotatable bonds is 0. The molecule has 0 aromatic rings. The third-order valence-electron chi connectivity index (χ3n) is 0. The molecular formula is H9MgO4SbSi. The molecule has 0 radical (unpaired) electrons. The summed E-state index contributed by atoms with van der Waals surface area (Å²) in [5.41, 5.74) is 0. The predicted octanol–water partition coefficient (Wildman–Crippen LogP) is -3.95. The molecule has 0 rings (SSSR count). The molecule has 0 heterocycles. The van der Waals surface area contributed by atoms with Crippen molar-refractivity contribution < 1.29 is 22.0 Å². The van der Waals surface area contributed by atoms with Crippen molar-refractivity contribution in [1.82, 2.24) is 0 Å². The van der Waals surface area contributed by atoms with Gasteiger partial charge in [-0.05, 0) is 0 Å². The predicted molar refractivity (Wildman–Crippen MR) is 32.5 cm³/mol. The summed E-state index contributed by atoms with van der Waals surface area (Å²) in [6, 6.07) is 0. The van der Waals surface area contributed by atoms with Crippen LogP contribution in [0.2, 0.25) is 0 Å². The van der Waals surface area contributed by atoms with Crippen molar-refractivity contribution in [3.05, 3.63) is 0 Å². The normalized spacial score (nSPS) is 8.57. The van der Waals surface area contributed by atoms with Gasteiger partial charge in [-0.1, -0.05) is 0 Å². The maximum atomic E-state index is 7.33. The first kappa shape index (κ1) is 15.9. The zero-order valence-electron chi connectivity index (χ0n) is 5.70. The summed E-state index contributed by atoms with van der Waals surface area (Å²) in [4.78, 5) is 29.3. The van der Waals surface area contributed by atoms with Gasteiger partial charge in [0, 0.05) is 0 Å². The van der Waals surface area contributed by atoms with Crippen molar-refractivity contribution in [1.29, 1.82) is 0 Å². The van der Waals surface area contributed by atoms with E-state index in [1.807, 2.05) is 0 Å². The molecule has 0 saturated heterocycles. The fraction of sp³-hybridized carbons (Fsp3) is 0. The van der Waals surface area contributed by atoms with Crippen LogP contribution in [0.3, 0.4) is 0 Å².